The number of carboxylic acid groups (broad SMARTS) is 1. The number of nitrogens with one attached hydrogen (secondary N) is 1. The number of rotatable bonds is 7. The van der Waals surface area contributed by atoms with Gasteiger partial charge in [0.2, 0.25) is 0 Å². The van der Waals surface area contributed by atoms with Crippen molar-refractivity contribution in [2.45, 2.75) is 32.8 Å². The topological polar surface area (TPSA) is 122 Å². The van der Waals surface area contributed by atoms with E-state index in [1.165, 1.54) is 23.1 Å². The monoisotopic (exact) mass is 514 g/mol. The molecule has 2 amide bonds. The van der Waals surface area contributed by atoms with E-state index in [2.05, 4.69) is 20.3 Å². The van der Waals surface area contributed by atoms with E-state index in [1.54, 1.807) is 38.1 Å². The third-order valence-electron chi connectivity index (χ3n) is 5.71. The van der Waals surface area contributed by atoms with Crippen molar-refractivity contribution in [1.29, 1.82) is 0 Å². The molecule has 2 N–H and O–H groups in total. The summed E-state index contributed by atoms with van der Waals surface area (Å²) < 4.78 is 40.6. The second-order valence-electron chi connectivity index (χ2n) is 8.66. The third-order valence-corrected chi connectivity index (χ3v) is 5.71. The molecule has 192 valence electrons. The summed E-state index contributed by atoms with van der Waals surface area (Å²) in [4.78, 5) is 38.4. The molecule has 1 aliphatic heterocycles. The molecule has 1 atom stereocenters. The van der Waals surface area contributed by atoms with Crippen LogP contribution in [0, 0.1) is 5.92 Å². The number of hydrogen-bond acceptors (Lipinski definition) is 6. The van der Waals surface area contributed by atoms with Gasteiger partial charge in [-0.05, 0) is 53.9 Å². The minimum Gasteiger partial charge on any atom is -0.480 e. The molecule has 4 rings (SSSR count). The SMILES string of the molecule is CC(C)[C@@H](C(=O)O)N1Cc2ccc(-c3ccc(NC(=O)c4ccc(OC(F)(F)F)cc4)nn3)cc2C1=O. The van der Waals surface area contributed by atoms with E-state index >= 15 is 0 Å². The molecule has 0 unspecified atom stereocenters. The molecule has 12 heteroatoms. The van der Waals surface area contributed by atoms with Crippen LogP contribution in [0.3, 0.4) is 0 Å². The Morgan fingerprint density at radius 3 is 2.32 bits per heavy atom. The first-order valence-electron chi connectivity index (χ1n) is 11.1. The Morgan fingerprint density at radius 2 is 1.76 bits per heavy atom. The molecule has 0 saturated carbocycles. The number of nitrogens with zero attached hydrogens (tertiary/aromatic N) is 3. The lowest BCUT2D eigenvalue weighted by Crippen LogP contribution is -2.44. The highest BCUT2D eigenvalue weighted by atomic mass is 19.4. The number of carboxylic acids is 1. The van der Waals surface area contributed by atoms with Crippen molar-refractivity contribution in [2.75, 3.05) is 5.32 Å². The normalized spacial score (nSPS) is 13.9. The molecule has 1 aliphatic rings. The van der Waals surface area contributed by atoms with Gasteiger partial charge in [-0.2, -0.15) is 0 Å². The van der Waals surface area contributed by atoms with Gasteiger partial charge in [0.25, 0.3) is 11.8 Å². The highest BCUT2D eigenvalue weighted by molar-refractivity contribution is 6.04. The predicted molar refractivity (Wildman–Crippen MR) is 125 cm³/mol. The lowest BCUT2D eigenvalue weighted by atomic mass is 10.0. The van der Waals surface area contributed by atoms with E-state index in [-0.39, 0.29) is 29.8 Å². The lowest BCUT2D eigenvalue weighted by Gasteiger charge is -2.27. The van der Waals surface area contributed by atoms with Crippen LogP contribution < -0.4 is 10.1 Å². The molecule has 2 aromatic carbocycles. The second kappa shape index (κ2) is 9.88. The van der Waals surface area contributed by atoms with Crippen molar-refractivity contribution >= 4 is 23.6 Å². The summed E-state index contributed by atoms with van der Waals surface area (Å²) in [5.74, 6) is -2.66. The molecule has 2 heterocycles. The number of amides is 2. The van der Waals surface area contributed by atoms with Crippen molar-refractivity contribution in [3.63, 3.8) is 0 Å². The smallest absolute Gasteiger partial charge is 0.480 e. The number of carbonyl (C=O) groups excluding carboxylic acids is 2. The number of benzene rings is 2. The van der Waals surface area contributed by atoms with Gasteiger partial charge in [0.1, 0.15) is 11.8 Å². The maximum absolute atomic E-state index is 12.9. The zero-order chi connectivity index (χ0) is 26.9. The van der Waals surface area contributed by atoms with E-state index in [1.807, 2.05) is 0 Å². The van der Waals surface area contributed by atoms with Crippen molar-refractivity contribution in [3.05, 3.63) is 71.3 Å². The molecule has 0 aliphatic carbocycles. The number of aromatic nitrogens is 2. The Morgan fingerprint density at radius 1 is 1.05 bits per heavy atom. The van der Waals surface area contributed by atoms with Crippen LogP contribution in [0.25, 0.3) is 11.3 Å². The van der Waals surface area contributed by atoms with Gasteiger partial charge in [-0.25, -0.2) is 4.79 Å². The molecule has 0 saturated heterocycles. The number of fused-ring (bicyclic) bond motifs is 1. The second-order valence-corrected chi connectivity index (χ2v) is 8.66. The molecule has 0 bridgehead atoms. The maximum atomic E-state index is 12.9. The van der Waals surface area contributed by atoms with Crippen molar-refractivity contribution < 1.29 is 37.4 Å². The Balaban J connectivity index is 1.45. The Bertz CT molecular complexity index is 1340. The van der Waals surface area contributed by atoms with Gasteiger partial charge in [0.15, 0.2) is 5.82 Å². The summed E-state index contributed by atoms with van der Waals surface area (Å²) in [6.45, 7) is 3.69. The summed E-state index contributed by atoms with van der Waals surface area (Å²) in [6.07, 6.45) is -4.83. The standard InChI is InChI=1S/C25H21F3N4O5/c1-13(2)21(24(35)36)32-12-16-4-3-15(11-18(16)23(32)34)19-9-10-20(31-30-19)29-22(33)14-5-7-17(8-6-14)37-25(26,27)28/h3-11,13,21H,12H2,1-2H3,(H,35,36)(H,29,31,33)/t21-/m0/s1. The van der Waals surface area contributed by atoms with Gasteiger partial charge in [0.05, 0.1) is 5.69 Å². The molecular weight excluding hydrogens is 493 g/mol. The highest BCUT2D eigenvalue weighted by Crippen LogP contribution is 2.31. The summed E-state index contributed by atoms with van der Waals surface area (Å²) >= 11 is 0. The van der Waals surface area contributed by atoms with Crippen LogP contribution in [-0.4, -0.2) is 50.4 Å². The zero-order valence-corrected chi connectivity index (χ0v) is 19.6. The van der Waals surface area contributed by atoms with Crippen LogP contribution in [-0.2, 0) is 11.3 Å². The number of alkyl halides is 3. The molecular formula is C25H21F3N4O5. The minimum absolute atomic E-state index is 0.0863. The van der Waals surface area contributed by atoms with E-state index in [0.29, 0.717) is 22.4 Å². The Labute approximate surface area is 208 Å². The number of anilines is 1. The quantitative estimate of drug-likeness (QED) is 0.481. The fourth-order valence-corrected chi connectivity index (χ4v) is 4.04. The first-order valence-corrected chi connectivity index (χ1v) is 11.1. The summed E-state index contributed by atoms with van der Waals surface area (Å²) in [5, 5.41) is 20.1. The number of hydrogen-bond donors (Lipinski definition) is 2. The number of halogens is 3. The summed E-state index contributed by atoms with van der Waals surface area (Å²) in [6, 6.07) is 11.6. The van der Waals surface area contributed by atoms with Crippen LogP contribution in [0.5, 0.6) is 5.75 Å². The van der Waals surface area contributed by atoms with Crippen LogP contribution >= 0.6 is 0 Å². The van der Waals surface area contributed by atoms with Crippen molar-refractivity contribution in [2.24, 2.45) is 5.92 Å². The summed E-state index contributed by atoms with van der Waals surface area (Å²) in [7, 11) is 0. The molecule has 9 nitrogen and oxygen atoms in total. The molecule has 0 radical (unpaired) electrons. The van der Waals surface area contributed by atoms with Gasteiger partial charge in [-0.15, -0.1) is 23.4 Å². The number of ether oxygens (including phenoxy) is 1. The Hall–Kier alpha value is -4.48. The fraction of sp³-hybridized carbons (Fsp3) is 0.240. The predicted octanol–water partition coefficient (Wildman–Crippen LogP) is 4.36. The lowest BCUT2D eigenvalue weighted by molar-refractivity contribution is -0.274. The first kappa shape index (κ1) is 25.6. The van der Waals surface area contributed by atoms with Crippen LogP contribution in [0.2, 0.25) is 0 Å². The number of carbonyl (C=O) groups is 3. The zero-order valence-electron chi connectivity index (χ0n) is 19.6. The first-order chi connectivity index (χ1) is 17.4. The van der Waals surface area contributed by atoms with Gasteiger partial charge < -0.3 is 20.1 Å². The average Bonchev–Trinajstić information content (AvgIpc) is 3.14. The molecule has 37 heavy (non-hydrogen) atoms. The fourth-order valence-electron chi connectivity index (χ4n) is 4.04. The van der Waals surface area contributed by atoms with Crippen LogP contribution in [0.4, 0.5) is 19.0 Å². The largest absolute Gasteiger partial charge is 0.573 e. The van der Waals surface area contributed by atoms with E-state index in [4.69, 9.17) is 0 Å². The van der Waals surface area contributed by atoms with Crippen LogP contribution in [0.15, 0.2) is 54.6 Å². The van der Waals surface area contributed by atoms with Crippen LogP contribution in [0.1, 0.15) is 40.1 Å². The highest BCUT2D eigenvalue weighted by Gasteiger charge is 2.38. The molecule has 3 aromatic rings. The van der Waals surface area contributed by atoms with Gasteiger partial charge in [-0.3, -0.25) is 9.59 Å². The average molecular weight is 514 g/mol. The van der Waals surface area contributed by atoms with Crippen molar-refractivity contribution in [1.82, 2.24) is 15.1 Å². The van der Waals surface area contributed by atoms with E-state index in [0.717, 1.165) is 12.1 Å². The molecule has 1 aromatic heterocycles. The van der Waals surface area contributed by atoms with E-state index in [9.17, 15) is 32.7 Å². The molecule has 0 fully saturated rings. The summed E-state index contributed by atoms with van der Waals surface area (Å²) in [5.41, 5.74) is 2.18. The molecule has 0 spiro atoms. The maximum Gasteiger partial charge on any atom is 0.573 e. The Kier molecular flexibility index (Phi) is 6.84. The third kappa shape index (κ3) is 5.68. The van der Waals surface area contributed by atoms with E-state index < -0.39 is 30.0 Å². The van der Waals surface area contributed by atoms with Gasteiger partial charge >= 0.3 is 12.3 Å². The van der Waals surface area contributed by atoms with Gasteiger partial charge in [-0.1, -0.05) is 26.0 Å². The minimum atomic E-state index is -4.83. The van der Waals surface area contributed by atoms with Crippen molar-refractivity contribution in [3.8, 4) is 17.0 Å². The van der Waals surface area contributed by atoms with Gasteiger partial charge in [0, 0.05) is 23.2 Å². The number of aliphatic carboxylic acids is 1.